The Bertz CT molecular complexity index is 325. The van der Waals surface area contributed by atoms with Crippen molar-refractivity contribution in [2.24, 2.45) is 0 Å². The average Bonchev–Trinajstić information content (AvgIpc) is 2.45. The fourth-order valence-electron chi connectivity index (χ4n) is 1.66. The standard InChI is InChI=1S/C14H23BO4/c1-4-5-10-18-11-12-19-14-8-6-13(7-9-14)15(16-2)17-3/h6-9H,4-5,10-12H2,1-3H3. The summed E-state index contributed by atoms with van der Waals surface area (Å²) in [6, 6.07) is 7.69. The summed E-state index contributed by atoms with van der Waals surface area (Å²) in [5.74, 6) is 0.828. The molecule has 0 aromatic heterocycles. The second kappa shape index (κ2) is 9.84. The summed E-state index contributed by atoms with van der Waals surface area (Å²) >= 11 is 0. The first-order valence-corrected chi connectivity index (χ1v) is 6.68. The van der Waals surface area contributed by atoms with Gasteiger partial charge in [0.25, 0.3) is 0 Å². The zero-order valence-corrected chi connectivity index (χ0v) is 12.1. The molecule has 19 heavy (non-hydrogen) atoms. The van der Waals surface area contributed by atoms with E-state index in [1.807, 2.05) is 24.3 Å². The third kappa shape index (κ3) is 6.10. The van der Waals surface area contributed by atoms with Crippen LogP contribution in [0.5, 0.6) is 5.75 Å². The van der Waals surface area contributed by atoms with Gasteiger partial charge < -0.3 is 18.8 Å². The normalized spacial score (nSPS) is 10.5. The predicted octanol–water partition coefficient (Wildman–Crippen LogP) is 1.87. The minimum atomic E-state index is -0.327. The van der Waals surface area contributed by atoms with Crippen molar-refractivity contribution in [2.45, 2.75) is 19.8 Å². The summed E-state index contributed by atoms with van der Waals surface area (Å²) in [5.41, 5.74) is 0.969. The van der Waals surface area contributed by atoms with Crippen LogP contribution in [-0.4, -0.2) is 41.2 Å². The Balaban J connectivity index is 2.28. The summed E-state index contributed by atoms with van der Waals surface area (Å²) in [6.45, 7) is 4.15. The van der Waals surface area contributed by atoms with Crippen LogP contribution in [0, 0.1) is 0 Å². The Morgan fingerprint density at radius 3 is 2.21 bits per heavy atom. The van der Waals surface area contributed by atoms with Crippen molar-refractivity contribution in [3.8, 4) is 5.75 Å². The molecule has 4 nitrogen and oxygen atoms in total. The molecule has 0 unspecified atom stereocenters. The van der Waals surface area contributed by atoms with Gasteiger partial charge in [-0.25, -0.2) is 0 Å². The number of hydrogen-bond acceptors (Lipinski definition) is 4. The third-order valence-electron chi connectivity index (χ3n) is 2.72. The largest absolute Gasteiger partial charge is 0.493 e. The highest BCUT2D eigenvalue weighted by Gasteiger charge is 2.17. The van der Waals surface area contributed by atoms with E-state index in [-0.39, 0.29) is 7.12 Å². The summed E-state index contributed by atoms with van der Waals surface area (Å²) < 4.78 is 21.4. The molecule has 0 aliphatic heterocycles. The number of unbranched alkanes of at least 4 members (excludes halogenated alkanes) is 1. The van der Waals surface area contributed by atoms with Gasteiger partial charge in [0.15, 0.2) is 0 Å². The lowest BCUT2D eigenvalue weighted by Crippen LogP contribution is -2.34. The molecule has 0 saturated heterocycles. The summed E-state index contributed by atoms with van der Waals surface area (Å²) in [7, 11) is 2.91. The zero-order chi connectivity index (χ0) is 13.9. The maximum absolute atomic E-state index is 5.58. The molecule has 0 N–H and O–H groups in total. The fourth-order valence-corrected chi connectivity index (χ4v) is 1.66. The van der Waals surface area contributed by atoms with E-state index < -0.39 is 0 Å². The van der Waals surface area contributed by atoms with E-state index >= 15 is 0 Å². The summed E-state index contributed by atoms with van der Waals surface area (Å²) in [5, 5.41) is 0. The molecule has 106 valence electrons. The van der Waals surface area contributed by atoms with Crippen LogP contribution in [0.4, 0.5) is 0 Å². The van der Waals surface area contributed by atoms with Crippen molar-refractivity contribution in [1.82, 2.24) is 0 Å². The monoisotopic (exact) mass is 266 g/mol. The van der Waals surface area contributed by atoms with Gasteiger partial charge in [-0.15, -0.1) is 0 Å². The highest BCUT2D eigenvalue weighted by molar-refractivity contribution is 6.61. The molecule has 0 heterocycles. The van der Waals surface area contributed by atoms with E-state index in [1.165, 1.54) is 0 Å². The van der Waals surface area contributed by atoms with Crippen LogP contribution in [-0.2, 0) is 14.0 Å². The van der Waals surface area contributed by atoms with Gasteiger partial charge in [0, 0.05) is 20.8 Å². The summed E-state index contributed by atoms with van der Waals surface area (Å²) in [6.07, 6.45) is 2.26. The molecule has 0 bridgehead atoms. The fraction of sp³-hybridized carbons (Fsp3) is 0.571. The average molecular weight is 266 g/mol. The lowest BCUT2D eigenvalue weighted by Gasteiger charge is -2.10. The van der Waals surface area contributed by atoms with E-state index in [0.717, 1.165) is 30.7 Å². The van der Waals surface area contributed by atoms with E-state index in [9.17, 15) is 0 Å². The molecule has 0 aliphatic rings. The number of benzene rings is 1. The number of rotatable bonds is 10. The van der Waals surface area contributed by atoms with Crippen LogP contribution in [0.2, 0.25) is 0 Å². The summed E-state index contributed by atoms with van der Waals surface area (Å²) in [4.78, 5) is 0. The van der Waals surface area contributed by atoms with Crippen molar-refractivity contribution in [2.75, 3.05) is 34.0 Å². The van der Waals surface area contributed by atoms with Crippen molar-refractivity contribution >= 4 is 12.6 Å². The molecule has 0 radical (unpaired) electrons. The van der Waals surface area contributed by atoms with Crippen LogP contribution in [0.15, 0.2) is 24.3 Å². The Labute approximate surface area is 116 Å². The lowest BCUT2D eigenvalue weighted by molar-refractivity contribution is 0.0981. The molecule has 0 atom stereocenters. The highest BCUT2D eigenvalue weighted by atomic mass is 16.6. The van der Waals surface area contributed by atoms with Gasteiger partial charge in [-0.1, -0.05) is 25.5 Å². The van der Waals surface area contributed by atoms with Crippen LogP contribution in [0.25, 0.3) is 0 Å². The maximum atomic E-state index is 5.58. The number of hydrogen-bond donors (Lipinski definition) is 0. The molecule has 1 aromatic rings. The van der Waals surface area contributed by atoms with Crippen molar-refractivity contribution < 1.29 is 18.8 Å². The molecular weight excluding hydrogens is 243 g/mol. The molecule has 0 aliphatic carbocycles. The third-order valence-corrected chi connectivity index (χ3v) is 2.72. The van der Waals surface area contributed by atoms with Crippen LogP contribution < -0.4 is 10.2 Å². The second-order valence-electron chi connectivity index (χ2n) is 4.19. The predicted molar refractivity (Wildman–Crippen MR) is 77.1 cm³/mol. The molecule has 0 fully saturated rings. The molecular formula is C14H23BO4. The van der Waals surface area contributed by atoms with Gasteiger partial charge in [-0.2, -0.15) is 0 Å². The smallest absolute Gasteiger partial charge is 0.491 e. The number of ether oxygens (including phenoxy) is 2. The van der Waals surface area contributed by atoms with Gasteiger partial charge in [-0.3, -0.25) is 0 Å². The van der Waals surface area contributed by atoms with Crippen LogP contribution in [0.3, 0.4) is 0 Å². The molecule has 0 saturated carbocycles. The highest BCUT2D eigenvalue weighted by Crippen LogP contribution is 2.08. The minimum Gasteiger partial charge on any atom is -0.491 e. The van der Waals surface area contributed by atoms with Crippen LogP contribution in [0.1, 0.15) is 19.8 Å². The molecule has 1 aromatic carbocycles. The Morgan fingerprint density at radius 2 is 1.63 bits per heavy atom. The topological polar surface area (TPSA) is 36.9 Å². The van der Waals surface area contributed by atoms with E-state index in [1.54, 1.807) is 14.2 Å². The first-order chi connectivity index (χ1) is 9.31. The minimum absolute atomic E-state index is 0.327. The van der Waals surface area contributed by atoms with E-state index in [2.05, 4.69) is 6.92 Å². The lowest BCUT2D eigenvalue weighted by atomic mass is 9.79. The molecule has 1 rings (SSSR count). The van der Waals surface area contributed by atoms with Gasteiger partial charge in [0.2, 0.25) is 0 Å². The second-order valence-corrected chi connectivity index (χ2v) is 4.19. The SMILES string of the molecule is CCCCOCCOc1ccc(B(OC)OC)cc1. The zero-order valence-electron chi connectivity index (χ0n) is 12.1. The van der Waals surface area contributed by atoms with Gasteiger partial charge >= 0.3 is 7.12 Å². The quantitative estimate of drug-likeness (QED) is 0.478. The first-order valence-electron chi connectivity index (χ1n) is 6.68. The first kappa shape index (κ1) is 16.0. The van der Waals surface area contributed by atoms with Gasteiger partial charge in [0.05, 0.1) is 6.61 Å². The van der Waals surface area contributed by atoms with E-state index in [0.29, 0.717) is 13.2 Å². The molecule has 5 heteroatoms. The van der Waals surface area contributed by atoms with Crippen molar-refractivity contribution in [3.05, 3.63) is 24.3 Å². The van der Waals surface area contributed by atoms with Crippen molar-refractivity contribution in [1.29, 1.82) is 0 Å². The van der Waals surface area contributed by atoms with Crippen molar-refractivity contribution in [3.63, 3.8) is 0 Å². The van der Waals surface area contributed by atoms with E-state index in [4.69, 9.17) is 18.8 Å². The molecule has 0 amide bonds. The Kier molecular flexibility index (Phi) is 8.30. The maximum Gasteiger partial charge on any atom is 0.493 e. The Hall–Kier alpha value is -1.04. The van der Waals surface area contributed by atoms with Gasteiger partial charge in [0.1, 0.15) is 12.4 Å². The van der Waals surface area contributed by atoms with Crippen LogP contribution >= 0.6 is 0 Å². The van der Waals surface area contributed by atoms with Gasteiger partial charge in [-0.05, 0) is 24.0 Å². The Morgan fingerprint density at radius 1 is 0.947 bits per heavy atom. The molecule has 0 spiro atoms.